The van der Waals surface area contributed by atoms with Crippen molar-refractivity contribution in [1.29, 1.82) is 0 Å². The predicted octanol–water partition coefficient (Wildman–Crippen LogP) is 3.97. The first-order chi connectivity index (χ1) is 9.52. The van der Waals surface area contributed by atoms with Gasteiger partial charge in [-0.3, -0.25) is 11.3 Å². The first-order valence-electron chi connectivity index (χ1n) is 5.87. The van der Waals surface area contributed by atoms with Gasteiger partial charge in [0.05, 0.1) is 6.04 Å². The van der Waals surface area contributed by atoms with Crippen LogP contribution in [0.25, 0.3) is 0 Å². The molecule has 2 aromatic carbocycles. The van der Waals surface area contributed by atoms with E-state index in [1.54, 1.807) is 12.1 Å². The Morgan fingerprint density at radius 2 is 1.85 bits per heavy atom. The lowest BCUT2D eigenvalue weighted by Crippen LogP contribution is -2.30. The van der Waals surface area contributed by atoms with Crippen molar-refractivity contribution >= 4 is 34.2 Å². The van der Waals surface area contributed by atoms with Gasteiger partial charge in [0.25, 0.3) is 0 Å². The Morgan fingerprint density at radius 3 is 2.45 bits per heavy atom. The third-order valence-electron chi connectivity index (χ3n) is 3.00. The smallest absolute Gasteiger partial charge is 0.129 e. The summed E-state index contributed by atoms with van der Waals surface area (Å²) in [5.74, 6) is 4.37. The Balaban J connectivity index is 2.36. The average molecular weight is 409 g/mol. The van der Waals surface area contributed by atoms with Crippen LogP contribution in [0.2, 0.25) is 5.02 Å². The van der Waals surface area contributed by atoms with Crippen LogP contribution in [0.5, 0.6) is 0 Å². The van der Waals surface area contributed by atoms with E-state index in [0.29, 0.717) is 5.02 Å². The molecule has 2 aromatic rings. The molecule has 0 saturated heterocycles. The zero-order valence-electron chi connectivity index (χ0n) is 10.3. The zero-order chi connectivity index (χ0) is 14.7. The first-order valence-corrected chi connectivity index (χ1v) is 7.32. The van der Waals surface area contributed by atoms with E-state index in [0.717, 1.165) is 9.13 Å². The lowest BCUT2D eigenvalue weighted by Gasteiger charge is -2.19. The number of hydrogen-bond donors (Lipinski definition) is 2. The molecule has 3 N–H and O–H groups in total. The summed E-state index contributed by atoms with van der Waals surface area (Å²) in [6.07, 6.45) is 0.103. The van der Waals surface area contributed by atoms with Gasteiger partial charge in [-0.1, -0.05) is 17.7 Å². The first kappa shape index (κ1) is 15.6. The molecule has 0 aromatic heterocycles. The number of hydrogen-bond acceptors (Lipinski definition) is 2. The predicted molar refractivity (Wildman–Crippen MR) is 84.3 cm³/mol. The molecule has 0 heterocycles. The van der Waals surface area contributed by atoms with E-state index < -0.39 is 17.7 Å². The van der Waals surface area contributed by atoms with E-state index in [-0.39, 0.29) is 12.0 Å². The van der Waals surface area contributed by atoms with E-state index in [1.807, 2.05) is 6.07 Å². The van der Waals surface area contributed by atoms with Crippen LogP contribution in [0.3, 0.4) is 0 Å². The van der Waals surface area contributed by atoms with Gasteiger partial charge < -0.3 is 0 Å². The molecule has 0 aliphatic heterocycles. The minimum atomic E-state index is -0.581. The highest BCUT2D eigenvalue weighted by atomic mass is 127. The molecular weight excluding hydrogens is 397 g/mol. The second-order valence-electron chi connectivity index (χ2n) is 4.29. The maximum atomic E-state index is 13.7. The van der Waals surface area contributed by atoms with E-state index in [2.05, 4.69) is 28.0 Å². The third-order valence-corrected chi connectivity index (χ3v) is 4.22. The van der Waals surface area contributed by atoms with Crippen molar-refractivity contribution in [2.45, 2.75) is 12.5 Å². The summed E-state index contributed by atoms with van der Waals surface area (Å²) in [5.41, 5.74) is 3.41. The molecule has 1 atom stereocenters. The van der Waals surface area contributed by atoms with Gasteiger partial charge in [-0.05, 0) is 64.9 Å². The van der Waals surface area contributed by atoms with Crippen molar-refractivity contribution in [3.05, 3.63) is 67.8 Å². The summed E-state index contributed by atoms with van der Waals surface area (Å²) in [7, 11) is 0. The van der Waals surface area contributed by atoms with Crippen molar-refractivity contribution < 1.29 is 8.78 Å². The fourth-order valence-electron chi connectivity index (χ4n) is 1.97. The zero-order valence-corrected chi connectivity index (χ0v) is 13.3. The SMILES string of the molecule is NNC(Cc1c(F)cccc1F)c1cc(Cl)ccc1I. The lowest BCUT2D eigenvalue weighted by atomic mass is 9.98. The molecule has 106 valence electrons. The van der Waals surface area contributed by atoms with Crippen molar-refractivity contribution in [2.75, 3.05) is 0 Å². The normalized spacial score (nSPS) is 12.4. The Bertz CT molecular complexity index is 602. The van der Waals surface area contributed by atoms with Crippen molar-refractivity contribution in [1.82, 2.24) is 5.43 Å². The molecule has 0 radical (unpaired) electrons. The van der Waals surface area contributed by atoms with E-state index in [4.69, 9.17) is 17.4 Å². The quantitative estimate of drug-likeness (QED) is 0.456. The molecule has 0 amide bonds. The van der Waals surface area contributed by atoms with Gasteiger partial charge in [0.15, 0.2) is 0 Å². The van der Waals surface area contributed by atoms with E-state index in [9.17, 15) is 8.78 Å². The van der Waals surface area contributed by atoms with Gasteiger partial charge in [0.2, 0.25) is 0 Å². The van der Waals surface area contributed by atoms with E-state index >= 15 is 0 Å². The van der Waals surface area contributed by atoms with Crippen LogP contribution in [0.1, 0.15) is 17.2 Å². The molecule has 0 saturated carbocycles. The number of benzene rings is 2. The topological polar surface area (TPSA) is 38.0 Å². The largest absolute Gasteiger partial charge is 0.271 e. The van der Waals surface area contributed by atoms with Crippen LogP contribution in [0.4, 0.5) is 8.78 Å². The van der Waals surface area contributed by atoms with Crippen LogP contribution >= 0.6 is 34.2 Å². The van der Waals surface area contributed by atoms with Crippen molar-refractivity contribution in [3.8, 4) is 0 Å². The Labute approximate surface area is 134 Å². The number of rotatable bonds is 4. The molecule has 0 aliphatic rings. The van der Waals surface area contributed by atoms with Gasteiger partial charge in [0.1, 0.15) is 11.6 Å². The Hall–Kier alpha value is -0.760. The molecule has 2 nitrogen and oxygen atoms in total. The molecular formula is C14H12ClF2IN2. The number of halogens is 4. The van der Waals surface area contributed by atoms with Crippen LogP contribution in [-0.4, -0.2) is 0 Å². The fraction of sp³-hybridized carbons (Fsp3) is 0.143. The summed E-state index contributed by atoms with van der Waals surface area (Å²) >= 11 is 8.10. The van der Waals surface area contributed by atoms with Gasteiger partial charge in [0, 0.05) is 14.2 Å². The standard InChI is InChI=1S/C14H12ClF2IN2/c15-8-4-5-13(18)10(6-8)14(20-19)7-9-11(16)2-1-3-12(9)17/h1-6,14,20H,7,19H2. The molecule has 1 unspecified atom stereocenters. The average Bonchev–Trinajstić information content (AvgIpc) is 2.42. The monoisotopic (exact) mass is 408 g/mol. The highest BCUT2D eigenvalue weighted by Gasteiger charge is 2.18. The van der Waals surface area contributed by atoms with Crippen LogP contribution in [-0.2, 0) is 6.42 Å². The minimum absolute atomic E-state index is 0.00576. The second-order valence-corrected chi connectivity index (χ2v) is 5.89. The fourth-order valence-corrected chi connectivity index (χ4v) is 2.86. The lowest BCUT2D eigenvalue weighted by molar-refractivity contribution is 0.499. The molecule has 2 rings (SSSR count). The van der Waals surface area contributed by atoms with Gasteiger partial charge in [-0.25, -0.2) is 8.78 Å². The van der Waals surface area contributed by atoms with Crippen LogP contribution < -0.4 is 11.3 Å². The van der Waals surface area contributed by atoms with Crippen molar-refractivity contribution in [3.63, 3.8) is 0 Å². The third kappa shape index (κ3) is 3.46. The maximum Gasteiger partial charge on any atom is 0.129 e. The van der Waals surface area contributed by atoms with E-state index in [1.165, 1.54) is 18.2 Å². The molecule has 0 spiro atoms. The summed E-state index contributed by atoms with van der Waals surface area (Å²) in [6.45, 7) is 0. The Kier molecular flexibility index (Phi) is 5.31. The Morgan fingerprint density at radius 1 is 1.20 bits per heavy atom. The van der Waals surface area contributed by atoms with Crippen LogP contribution in [0.15, 0.2) is 36.4 Å². The van der Waals surface area contributed by atoms with Gasteiger partial charge in [-0.2, -0.15) is 0 Å². The second kappa shape index (κ2) is 6.80. The van der Waals surface area contributed by atoms with Gasteiger partial charge >= 0.3 is 0 Å². The molecule has 0 fully saturated rings. The summed E-state index contributed by atoms with van der Waals surface area (Å²) in [6, 6.07) is 8.70. The number of nitrogens with two attached hydrogens (primary N) is 1. The molecule has 20 heavy (non-hydrogen) atoms. The highest BCUT2D eigenvalue weighted by Crippen LogP contribution is 2.27. The number of nitrogens with one attached hydrogen (secondary N) is 1. The minimum Gasteiger partial charge on any atom is -0.271 e. The highest BCUT2D eigenvalue weighted by molar-refractivity contribution is 14.1. The van der Waals surface area contributed by atoms with Crippen LogP contribution in [0, 0.1) is 15.2 Å². The maximum absolute atomic E-state index is 13.7. The molecule has 0 aliphatic carbocycles. The summed E-state index contributed by atoms with van der Waals surface area (Å²) < 4.78 is 28.3. The molecule has 6 heteroatoms. The van der Waals surface area contributed by atoms with Gasteiger partial charge in [-0.15, -0.1) is 0 Å². The summed E-state index contributed by atoms with van der Waals surface area (Å²) in [5, 5.41) is 0.551. The number of hydrazine groups is 1. The molecule has 0 bridgehead atoms. The van der Waals surface area contributed by atoms with Crippen molar-refractivity contribution in [2.24, 2.45) is 5.84 Å². The summed E-state index contributed by atoms with van der Waals surface area (Å²) in [4.78, 5) is 0.